The summed E-state index contributed by atoms with van der Waals surface area (Å²) in [5.41, 5.74) is 0. The van der Waals surface area contributed by atoms with Crippen LogP contribution in [-0.2, 0) is 9.09 Å². The highest BCUT2D eigenvalue weighted by molar-refractivity contribution is 7.51. The van der Waals surface area contributed by atoms with E-state index in [1.54, 1.807) is 0 Å². The zero-order valence-corrected chi connectivity index (χ0v) is 16.5. The molecule has 0 fully saturated rings. The molecule has 0 aliphatic rings. The van der Waals surface area contributed by atoms with Gasteiger partial charge >= 0.3 is 7.75 Å². The van der Waals surface area contributed by atoms with Crippen molar-refractivity contribution >= 4 is 7.75 Å². The van der Waals surface area contributed by atoms with Crippen LogP contribution in [0.25, 0.3) is 0 Å². The lowest BCUT2D eigenvalue weighted by atomic mass is 10.0. The average Bonchev–Trinajstić information content (AvgIpc) is 2.57. The molecule has 0 saturated carbocycles. The lowest BCUT2D eigenvalue weighted by Crippen LogP contribution is -1.91. The summed E-state index contributed by atoms with van der Waals surface area (Å²) in [6, 6.07) is 0. The summed E-state index contributed by atoms with van der Waals surface area (Å²) in [6.07, 6.45) is 20.5. The number of nitroso groups, excluding NO2 is 1. The second kappa shape index (κ2) is 17.6. The van der Waals surface area contributed by atoms with Crippen LogP contribution >= 0.6 is 7.75 Å². The molecule has 1 unspecified atom stereocenters. The maximum absolute atomic E-state index is 10.8. The standard InChI is InChI=1S/C18H38NO4P/c1-2-3-4-5-6-7-8-9-10-11-12-13-14-15-16-17-18-23-24(21,22)19-20/h2-18H2,1H3,(H,21,22). The van der Waals surface area contributed by atoms with E-state index in [1.807, 2.05) is 0 Å². The fraction of sp³-hybridized carbons (Fsp3) is 1.00. The van der Waals surface area contributed by atoms with Gasteiger partial charge in [0.2, 0.25) is 0 Å². The summed E-state index contributed by atoms with van der Waals surface area (Å²) in [4.78, 5) is 20.8. The summed E-state index contributed by atoms with van der Waals surface area (Å²) in [7, 11) is -4.19. The Bertz CT molecular complexity index is 326. The first-order chi connectivity index (χ1) is 11.6. The molecule has 0 amide bonds. The molecule has 0 aliphatic heterocycles. The van der Waals surface area contributed by atoms with Gasteiger partial charge in [-0.3, -0.25) is 4.52 Å². The van der Waals surface area contributed by atoms with Crippen LogP contribution in [0.2, 0.25) is 0 Å². The van der Waals surface area contributed by atoms with Gasteiger partial charge in [0.15, 0.2) is 0 Å². The van der Waals surface area contributed by atoms with E-state index in [-0.39, 0.29) is 6.61 Å². The van der Waals surface area contributed by atoms with Crippen LogP contribution in [0.1, 0.15) is 110 Å². The second-order valence-corrected chi connectivity index (χ2v) is 8.11. The van der Waals surface area contributed by atoms with Crippen LogP contribution in [0.4, 0.5) is 0 Å². The van der Waals surface area contributed by atoms with Crippen molar-refractivity contribution in [2.24, 2.45) is 4.95 Å². The molecule has 6 heteroatoms. The van der Waals surface area contributed by atoms with Gasteiger partial charge in [0, 0.05) is 4.95 Å². The zero-order chi connectivity index (χ0) is 17.9. The van der Waals surface area contributed by atoms with Crippen molar-refractivity contribution in [3.8, 4) is 0 Å². The summed E-state index contributed by atoms with van der Waals surface area (Å²) in [5, 5.41) is 0. The SMILES string of the molecule is CCCCCCCCCCCCCCCCCCOP(=O)(O)N=O. The number of nitrogens with zero attached hydrogens (tertiary/aromatic N) is 1. The highest BCUT2D eigenvalue weighted by Crippen LogP contribution is 2.42. The van der Waals surface area contributed by atoms with Gasteiger partial charge < -0.3 is 4.89 Å². The Balaban J connectivity index is 3.08. The fourth-order valence-electron chi connectivity index (χ4n) is 2.86. The third-order valence-corrected chi connectivity index (χ3v) is 5.09. The van der Waals surface area contributed by atoms with Crippen LogP contribution in [0.15, 0.2) is 4.95 Å². The predicted molar refractivity (Wildman–Crippen MR) is 101 cm³/mol. The third kappa shape index (κ3) is 18.1. The van der Waals surface area contributed by atoms with E-state index in [9.17, 15) is 9.47 Å². The molecule has 0 radical (unpaired) electrons. The van der Waals surface area contributed by atoms with E-state index < -0.39 is 7.75 Å². The molecule has 24 heavy (non-hydrogen) atoms. The van der Waals surface area contributed by atoms with Crippen LogP contribution in [-0.4, -0.2) is 11.5 Å². The molecular formula is C18H38NO4P. The largest absolute Gasteiger partial charge is 0.487 e. The molecule has 1 atom stereocenters. The first-order valence-corrected chi connectivity index (χ1v) is 11.5. The first-order valence-electron chi connectivity index (χ1n) is 9.94. The third-order valence-electron chi connectivity index (χ3n) is 4.36. The molecule has 1 N–H and O–H groups in total. The minimum atomic E-state index is -4.19. The normalized spacial score (nSPS) is 13.8. The molecule has 0 spiro atoms. The smallest absolute Gasteiger partial charge is 0.305 e. The summed E-state index contributed by atoms with van der Waals surface area (Å²) < 4.78 is 15.3. The lowest BCUT2D eigenvalue weighted by molar-refractivity contribution is 0.253. The van der Waals surface area contributed by atoms with E-state index in [2.05, 4.69) is 16.4 Å². The highest BCUT2D eigenvalue weighted by Gasteiger charge is 2.18. The molecule has 5 nitrogen and oxygen atoms in total. The van der Waals surface area contributed by atoms with Gasteiger partial charge in [-0.25, -0.2) is 4.57 Å². The number of hydrogen-bond acceptors (Lipinski definition) is 3. The molecule has 0 rings (SSSR count). The van der Waals surface area contributed by atoms with Crippen LogP contribution < -0.4 is 0 Å². The summed E-state index contributed by atoms with van der Waals surface area (Å²) in [6.45, 7) is 2.40. The van der Waals surface area contributed by atoms with E-state index in [0.29, 0.717) is 6.42 Å². The monoisotopic (exact) mass is 363 g/mol. The fourth-order valence-corrected chi connectivity index (χ4v) is 3.27. The molecule has 0 aromatic carbocycles. The maximum atomic E-state index is 10.8. The summed E-state index contributed by atoms with van der Waals surface area (Å²) >= 11 is 0. The molecule has 0 aromatic heterocycles. The highest BCUT2D eigenvalue weighted by atomic mass is 31.2. The van der Waals surface area contributed by atoms with Crippen LogP contribution in [0.3, 0.4) is 0 Å². The zero-order valence-electron chi connectivity index (χ0n) is 15.6. The molecule has 0 aromatic rings. The van der Waals surface area contributed by atoms with E-state index >= 15 is 0 Å². The predicted octanol–water partition coefficient (Wildman–Crippen LogP) is 7.13. The average molecular weight is 363 g/mol. The summed E-state index contributed by atoms with van der Waals surface area (Å²) in [5.74, 6) is 0. The van der Waals surface area contributed by atoms with Gasteiger partial charge in [0.25, 0.3) is 0 Å². The Morgan fingerprint density at radius 3 is 1.38 bits per heavy atom. The van der Waals surface area contributed by atoms with Gasteiger partial charge in [-0.1, -0.05) is 103 Å². The molecule has 0 heterocycles. The quantitative estimate of drug-likeness (QED) is 0.150. The van der Waals surface area contributed by atoms with Gasteiger partial charge in [0.1, 0.15) is 0 Å². The van der Waals surface area contributed by atoms with E-state index in [1.165, 1.54) is 83.5 Å². The van der Waals surface area contributed by atoms with Crippen molar-refractivity contribution < 1.29 is 14.0 Å². The molecular weight excluding hydrogens is 325 g/mol. The Kier molecular flexibility index (Phi) is 17.4. The van der Waals surface area contributed by atoms with Gasteiger partial charge in [-0.05, 0) is 6.42 Å². The van der Waals surface area contributed by atoms with Gasteiger partial charge in [-0.15, -0.1) is 4.91 Å². The minimum absolute atomic E-state index is 0.137. The van der Waals surface area contributed by atoms with Gasteiger partial charge in [0.05, 0.1) is 6.61 Å². The van der Waals surface area contributed by atoms with Crippen molar-refractivity contribution in [1.29, 1.82) is 0 Å². The van der Waals surface area contributed by atoms with Crippen molar-refractivity contribution in [3.05, 3.63) is 4.91 Å². The lowest BCUT2D eigenvalue weighted by Gasteiger charge is -2.05. The number of rotatable bonds is 19. The molecule has 0 saturated heterocycles. The van der Waals surface area contributed by atoms with E-state index in [4.69, 9.17) is 4.89 Å². The number of unbranched alkanes of at least 4 members (excludes halogenated alkanes) is 15. The first kappa shape index (κ1) is 23.8. The van der Waals surface area contributed by atoms with Gasteiger partial charge in [-0.2, -0.15) is 0 Å². The maximum Gasteiger partial charge on any atom is 0.487 e. The molecule has 0 bridgehead atoms. The van der Waals surface area contributed by atoms with Crippen molar-refractivity contribution in [2.45, 2.75) is 110 Å². The molecule has 0 aliphatic carbocycles. The molecule has 144 valence electrons. The van der Waals surface area contributed by atoms with Crippen molar-refractivity contribution in [3.63, 3.8) is 0 Å². The van der Waals surface area contributed by atoms with Crippen LogP contribution in [0, 0.1) is 4.91 Å². The second-order valence-electron chi connectivity index (χ2n) is 6.71. The van der Waals surface area contributed by atoms with Crippen molar-refractivity contribution in [2.75, 3.05) is 6.61 Å². The Hall–Kier alpha value is -0.250. The number of hydrogen-bond donors (Lipinski definition) is 1. The topological polar surface area (TPSA) is 76.0 Å². The Morgan fingerprint density at radius 2 is 1.04 bits per heavy atom. The minimum Gasteiger partial charge on any atom is -0.305 e. The van der Waals surface area contributed by atoms with Crippen LogP contribution in [0.5, 0.6) is 0 Å². The Morgan fingerprint density at radius 1 is 0.708 bits per heavy atom. The van der Waals surface area contributed by atoms with Crippen molar-refractivity contribution in [1.82, 2.24) is 0 Å². The van der Waals surface area contributed by atoms with E-state index in [0.717, 1.165) is 12.8 Å². The Labute approximate surface area is 148 Å².